The molecule has 2 aliphatic rings. The highest BCUT2D eigenvalue weighted by molar-refractivity contribution is 8.13. The first-order valence-corrected chi connectivity index (χ1v) is 27.5. The van der Waals surface area contributed by atoms with Gasteiger partial charge in [0.25, 0.3) is 23.6 Å². The molecule has 4 atom stereocenters. The molecule has 2 aromatic rings. The average molecular weight is 1080 g/mol. The van der Waals surface area contributed by atoms with Crippen molar-refractivity contribution >= 4 is 100 Å². The number of thioether (sulfide) groups is 3. The Morgan fingerprint density at radius 1 is 0.671 bits per heavy atom. The van der Waals surface area contributed by atoms with Crippen molar-refractivity contribution in [1.82, 2.24) is 41.9 Å². The summed E-state index contributed by atoms with van der Waals surface area (Å²) in [5, 5.41) is 15.9. The lowest BCUT2D eigenvalue weighted by Crippen LogP contribution is -2.48. The van der Waals surface area contributed by atoms with E-state index in [0.717, 1.165) is 9.79 Å². The maximum Gasteiger partial charge on any atom is 0.329 e. The Morgan fingerprint density at radius 2 is 1.08 bits per heavy atom. The zero-order valence-corrected chi connectivity index (χ0v) is 45.8. The Balaban J connectivity index is 0.000000387. The van der Waals surface area contributed by atoms with E-state index in [1.54, 1.807) is 90.1 Å². The van der Waals surface area contributed by atoms with Gasteiger partial charge in [-0.15, -0.1) is 23.5 Å². The highest BCUT2D eigenvalue weighted by Crippen LogP contribution is 2.22. The van der Waals surface area contributed by atoms with Crippen molar-refractivity contribution < 1.29 is 52.6 Å². The van der Waals surface area contributed by atoms with Gasteiger partial charge in [0.1, 0.15) is 47.1 Å². The topological polar surface area (TPSA) is 270 Å². The molecule has 4 bridgehead atoms. The number of cyclic esters (lactones) is 2. The molecule has 0 saturated carbocycles. The third-order valence-corrected chi connectivity index (χ3v) is 13.3. The molecule has 19 nitrogen and oxygen atoms in total. The summed E-state index contributed by atoms with van der Waals surface area (Å²) in [6.07, 6.45) is 12.6. The van der Waals surface area contributed by atoms with Crippen LogP contribution in [0.5, 0.6) is 0 Å². The van der Waals surface area contributed by atoms with E-state index in [9.17, 15) is 43.2 Å². The molecule has 0 aromatic carbocycles. The molecule has 0 radical (unpaired) electrons. The number of thiol groups is 1. The summed E-state index contributed by atoms with van der Waals surface area (Å²) in [5.41, 5.74) is 1.12. The highest BCUT2D eigenvalue weighted by Gasteiger charge is 2.32. The van der Waals surface area contributed by atoms with Crippen LogP contribution in [0.2, 0.25) is 0 Å². The van der Waals surface area contributed by atoms with E-state index in [-0.39, 0.29) is 77.5 Å². The minimum absolute atomic E-state index is 0.00316. The molecule has 73 heavy (non-hydrogen) atoms. The summed E-state index contributed by atoms with van der Waals surface area (Å²) in [7, 11) is 0. The summed E-state index contributed by atoms with van der Waals surface area (Å²) in [4.78, 5) is 125. The van der Waals surface area contributed by atoms with Gasteiger partial charge < -0.3 is 41.4 Å². The third-order valence-electron chi connectivity index (χ3n) is 10.5. The second-order valence-corrected chi connectivity index (χ2v) is 20.2. The zero-order valence-electron chi connectivity index (χ0n) is 42.5. The van der Waals surface area contributed by atoms with E-state index in [0.29, 0.717) is 35.7 Å². The SMILES string of the molecule is C/C=C1\NC(=O)c2ccc(SC)c(n2)CNC(=O)C[C@@H](/C=C/CCS)OC(=O)[C@H](C(C)C)NC1=O.C/C=C1\NC(=O)c2ccc(SC)c(n2)CNC(=O)C[C@@H](/C=C/CCSC(C)=O)OC(=O)[C@H](C(C)C)NC1=O. The first kappa shape index (κ1) is 61.4. The van der Waals surface area contributed by atoms with Crippen LogP contribution in [0.1, 0.15) is 107 Å². The van der Waals surface area contributed by atoms with E-state index in [1.807, 2.05) is 12.5 Å². The molecule has 2 aromatic heterocycles. The number of carbonyl (C=O) groups excluding carboxylic acids is 9. The van der Waals surface area contributed by atoms with Gasteiger partial charge in [-0.2, -0.15) is 12.6 Å². The quantitative estimate of drug-likeness (QED) is 0.0384. The molecule has 4 rings (SSSR count). The van der Waals surface area contributed by atoms with Crippen LogP contribution in [0, 0.1) is 11.8 Å². The Hall–Kier alpha value is -5.91. The van der Waals surface area contributed by atoms with Crippen LogP contribution >= 0.6 is 47.9 Å². The van der Waals surface area contributed by atoms with Crippen LogP contribution in [0.3, 0.4) is 0 Å². The van der Waals surface area contributed by atoms with E-state index in [2.05, 4.69) is 54.5 Å². The lowest BCUT2D eigenvalue weighted by atomic mass is 10.0. The summed E-state index contributed by atoms with van der Waals surface area (Å²) in [6, 6.07) is 4.55. The smallest absolute Gasteiger partial charge is 0.329 e. The fourth-order valence-electron chi connectivity index (χ4n) is 6.64. The van der Waals surface area contributed by atoms with Crippen LogP contribution in [0.25, 0.3) is 0 Å². The Labute approximate surface area is 444 Å². The van der Waals surface area contributed by atoms with Crippen LogP contribution in [0.4, 0.5) is 0 Å². The minimum atomic E-state index is -1.03. The summed E-state index contributed by atoms with van der Waals surface area (Å²) >= 11 is 8.19. The number of esters is 2. The zero-order chi connectivity index (χ0) is 54.2. The molecule has 0 fully saturated rings. The van der Waals surface area contributed by atoms with Crippen molar-refractivity contribution in [3.8, 4) is 0 Å². The minimum Gasteiger partial charge on any atom is -0.456 e. The predicted molar refractivity (Wildman–Crippen MR) is 285 cm³/mol. The monoisotopic (exact) mass is 1080 g/mol. The Morgan fingerprint density at radius 3 is 1.44 bits per heavy atom. The van der Waals surface area contributed by atoms with Crippen LogP contribution in [0.15, 0.2) is 81.9 Å². The number of allylic oxidation sites excluding steroid dienone is 4. The fourth-order valence-corrected chi connectivity index (χ4v) is 8.45. The number of nitrogens with zero attached hydrogens (tertiary/aromatic N) is 2. The van der Waals surface area contributed by atoms with Crippen molar-refractivity contribution in [2.45, 2.75) is 121 Å². The van der Waals surface area contributed by atoms with Crippen molar-refractivity contribution in [3.63, 3.8) is 0 Å². The molecule has 23 heteroatoms. The molecule has 0 spiro atoms. The molecule has 6 N–H and O–H groups in total. The molecule has 396 valence electrons. The number of pyridine rings is 2. The molecule has 0 saturated heterocycles. The second kappa shape index (κ2) is 31.6. The first-order valence-electron chi connectivity index (χ1n) is 23.4. The number of carbonyl (C=O) groups is 9. The van der Waals surface area contributed by atoms with Gasteiger partial charge >= 0.3 is 11.9 Å². The van der Waals surface area contributed by atoms with Gasteiger partial charge in [-0.3, -0.25) is 33.6 Å². The van der Waals surface area contributed by atoms with E-state index >= 15 is 0 Å². The molecular weight excluding hydrogens is 1020 g/mol. The maximum absolute atomic E-state index is 13.1. The number of nitrogens with one attached hydrogen (secondary N) is 6. The normalized spacial score (nSPS) is 21.2. The van der Waals surface area contributed by atoms with Gasteiger partial charge in [-0.05, 0) is 93.2 Å². The molecule has 6 amide bonds. The Bertz CT molecular complexity index is 2460. The molecule has 0 aliphatic carbocycles. The van der Waals surface area contributed by atoms with Gasteiger partial charge in [0, 0.05) is 22.5 Å². The summed E-state index contributed by atoms with van der Waals surface area (Å²) in [6.45, 7) is 11.8. The molecule has 2 aliphatic heterocycles. The first-order chi connectivity index (χ1) is 34.7. The standard InChI is InChI=1S/C26H34N4O6S2.C24H32N4O5S2/c1-6-18-24(33)30-23(15(2)3)26(35)36-17(9-7-8-12-38-16(4)31)13-22(32)27-14-20-21(37-5)11-10-19(28-20)25(34)29-18;1-5-16-22(30)28-21(14(2)3)24(32)33-15(8-6-7-11-34)12-20(29)25-13-18-19(35-4)10-9-17(26-18)23(31)27-16/h6-7,9-11,15,17,23H,8,12-14H2,1-5H3,(H,27,32)(H,29,34)(H,30,33);5-6,8-10,14-15,21,34H,7,11-13H2,1-4H3,(H,25,29)(H,27,31)(H,28,30)/b9-7+,18-6-;8-6+,16-5-/t17-,23+;15-,21+/m11/s1. The summed E-state index contributed by atoms with van der Waals surface area (Å²) < 4.78 is 11.3. The number of ether oxygens (including phenoxy) is 2. The molecule has 0 unspecified atom stereocenters. The van der Waals surface area contributed by atoms with Crippen molar-refractivity contribution in [3.05, 3.63) is 94.9 Å². The number of amides is 6. The van der Waals surface area contributed by atoms with E-state index < -0.39 is 59.9 Å². The lowest BCUT2D eigenvalue weighted by Gasteiger charge is -2.24. The fraction of sp³-hybridized carbons (Fsp3) is 0.460. The number of aromatic nitrogens is 2. The number of fused-ring (bicyclic) bond motifs is 4. The second-order valence-electron chi connectivity index (χ2n) is 16.8. The van der Waals surface area contributed by atoms with Gasteiger partial charge in [0.15, 0.2) is 5.12 Å². The van der Waals surface area contributed by atoms with E-state index in [4.69, 9.17) is 9.47 Å². The van der Waals surface area contributed by atoms with Crippen LogP contribution in [-0.4, -0.2) is 111 Å². The number of hydrogen-bond donors (Lipinski definition) is 7. The maximum atomic E-state index is 13.1. The van der Waals surface area contributed by atoms with Crippen molar-refractivity contribution in [1.29, 1.82) is 0 Å². The average Bonchev–Trinajstić information content (AvgIpc) is 3.35. The molecular formula is C50H66N8O11S4. The Kier molecular flexibility index (Phi) is 26.6. The van der Waals surface area contributed by atoms with Crippen LogP contribution in [-0.2, 0) is 56.1 Å². The van der Waals surface area contributed by atoms with Crippen molar-refractivity contribution in [2.24, 2.45) is 11.8 Å². The predicted octanol–water partition coefficient (Wildman–Crippen LogP) is 5.12. The highest BCUT2D eigenvalue weighted by atomic mass is 32.2. The largest absolute Gasteiger partial charge is 0.456 e. The van der Waals surface area contributed by atoms with Gasteiger partial charge in [-0.1, -0.05) is 63.8 Å². The number of hydrogen-bond acceptors (Lipinski definition) is 17. The van der Waals surface area contributed by atoms with Gasteiger partial charge in [0.05, 0.1) is 37.3 Å². The van der Waals surface area contributed by atoms with Gasteiger partial charge in [-0.25, -0.2) is 19.6 Å². The number of rotatable bonds is 11. The van der Waals surface area contributed by atoms with Crippen molar-refractivity contribution in [2.75, 3.05) is 24.0 Å². The van der Waals surface area contributed by atoms with E-state index in [1.165, 1.54) is 54.4 Å². The third kappa shape index (κ3) is 20.5. The summed E-state index contributed by atoms with van der Waals surface area (Å²) in [5.74, 6) is -4.08. The van der Waals surface area contributed by atoms with Gasteiger partial charge in [0.2, 0.25) is 11.8 Å². The van der Waals surface area contributed by atoms with Crippen LogP contribution < -0.4 is 31.9 Å². The lowest BCUT2D eigenvalue weighted by molar-refractivity contribution is -0.153. The molecule has 4 heterocycles.